The Balaban J connectivity index is 3.06. The molecular weight excluding hydrogens is 170 g/mol. The molecule has 0 saturated carbocycles. The van der Waals surface area contributed by atoms with Gasteiger partial charge in [0, 0.05) is 6.04 Å². The standard InChI is InChI=1S/C9H21NOS/c1-3-9(8-11)10-6-5-7-12-4-2/h9-11H,3-8H2,1-2H3. The zero-order valence-corrected chi connectivity index (χ0v) is 8.99. The number of nitrogens with one attached hydrogen (secondary N) is 1. The average Bonchev–Trinajstić information content (AvgIpc) is 2.11. The third-order valence-corrected chi connectivity index (χ3v) is 2.80. The molecule has 2 N–H and O–H groups in total. The van der Waals surface area contributed by atoms with Gasteiger partial charge >= 0.3 is 0 Å². The second kappa shape index (κ2) is 9.36. The van der Waals surface area contributed by atoms with E-state index in [1.54, 1.807) is 0 Å². The number of aliphatic hydroxyl groups is 1. The van der Waals surface area contributed by atoms with Crippen LogP contribution in [0.4, 0.5) is 0 Å². The molecule has 0 aliphatic carbocycles. The normalized spacial score (nSPS) is 13.2. The van der Waals surface area contributed by atoms with Crippen LogP contribution in [0.5, 0.6) is 0 Å². The van der Waals surface area contributed by atoms with E-state index in [4.69, 9.17) is 5.11 Å². The number of thioether (sulfide) groups is 1. The number of hydrogen-bond donors (Lipinski definition) is 2. The fourth-order valence-electron chi connectivity index (χ4n) is 0.963. The van der Waals surface area contributed by atoms with Gasteiger partial charge in [0.1, 0.15) is 0 Å². The molecule has 1 unspecified atom stereocenters. The Morgan fingerprint density at radius 3 is 2.67 bits per heavy atom. The van der Waals surface area contributed by atoms with Crippen molar-refractivity contribution in [2.45, 2.75) is 32.7 Å². The predicted octanol–water partition coefficient (Wildman–Crippen LogP) is 1.49. The van der Waals surface area contributed by atoms with E-state index in [9.17, 15) is 0 Å². The monoisotopic (exact) mass is 191 g/mol. The molecule has 0 saturated heterocycles. The first kappa shape index (κ1) is 12.3. The van der Waals surface area contributed by atoms with Crippen LogP contribution in [-0.4, -0.2) is 35.8 Å². The van der Waals surface area contributed by atoms with Gasteiger partial charge in [-0.25, -0.2) is 0 Å². The smallest absolute Gasteiger partial charge is 0.0584 e. The maximum atomic E-state index is 8.86. The summed E-state index contributed by atoms with van der Waals surface area (Å²) in [5, 5.41) is 12.2. The molecule has 1 atom stereocenters. The molecular formula is C9H21NOS. The Hall–Kier alpha value is 0.270. The van der Waals surface area contributed by atoms with Crippen molar-refractivity contribution in [3.8, 4) is 0 Å². The molecule has 0 aliphatic rings. The highest BCUT2D eigenvalue weighted by Crippen LogP contribution is 2.00. The summed E-state index contributed by atoms with van der Waals surface area (Å²) < 4.78 is 0. The van der Waals surface area contributed by atoms with E-state index in [0.29, 0.717) is 6.04 Å². The van der Waals surface area contributed by atoms with Gasteiger partial charge in [-0.05, 0) is 30.9 Å². The summed E-state index contributed by atoms with van der Waals surface area (Å²) in [6.45, 7) is 5.57. The molecule has 3 heteroatoms. The Morgan fingerprint density at radius 1 is 1.42 bits per heavy atom. The summed E-state index contributed by atoms with van der Waals surface area (Å²) in [7, 11) is 0. The van der Waals surface area contributed by atoms with E-state index < -0.39 is 0 Å². The molecule has 0 aromatic carbocycles. The Bertz CT molecular complexity index is 86.6. The van der Waals surface area contributed by atoms with Gasteiger partial charge in [0.25, 0.3) is 0 Å². The van der Waals surface area contributed by atoms with Crippen LogP contribution in [0.3, 0.4) is 0 Å². The number of rotatable bonds is 8. The molecule has 0 fully saturated rings. The molecule has 0 amide bonds. The minimum atomic E-state index is 0.261. The minimum Gasteiger partial charge on any atom is -0.395 e. The molecule has 2 nitrogen and oxygen atoms in total. The largest absolute Gasteiger partial charge is 0.395 e. The summed E-state index contributed by atoms with van der Waals surface area (Å²) in [4.78, 5) is 0. The van der Waals surface area contributed by atoms with Crippen LogP contribution in [-0.2, 0) is 0 Å². The first-order valence-electron chi connectivity index (χ1n) is 4.77. The van der Waals surface area contributed by atoms with Gasteiger partial charge in [0.05, 0.1) is 6.61 Å². The molecule has 0 aliphatic heterocycles. The van der Waals surface area contributed by atoms with Gasteiger partial charge in [-0.1, -0.05) is 13.8 Å². The van der Waals surface area contributed by atoms with Crippen molar-refractivity contribution >= 4 is 11.8 Å². The molecule has 0 rings (SSSR count). The van der Waals surface area contributed by atoms with Crippen LogP contribution >= 0.6 is 11.8 Å². The van der Waals surface area contributed by atoms with Crippen LogP contribution in [0.2, 0.25) is 0 Å². The van der Waals surface area contributed by atoms with Gasteiger partial charge in [-0.2, -0.15) is 11.8 Å². The second-order valence-corrected chi connectivity index (χ2v) is 4.19. The van der Waals surface area contributed by atoms with Crippen molar-refractivity contribution in [3.05, 3.63) is 0 Å². The van der Waals surface area contributed by atoms with Gasteiger partial charge < -0.3 is 10.4 Å². The molecule has 0 radical (unpaired) electrons. The van der Waals surface area contributed by atoms with E-state index in [2.05, 4.69) is 19.2 Å². The average molecular weight is 191 g/mol. The van der Waals surface area contributed by atoms with Gasteiger partial charge in [-0.15, -0.1) is 0 Å². The Kier molecular flexibility index (Phi) is 9.57. The van der Waals surface area contributed by atoms with Crippen molar-refractivity contribution in [1.82, 2.24) is 5.32 Å². The molecule has 0 aromatic rings. The van der Waals surface area contributed by atoms with E-state index in [0.717, 1.165) is 13.0 Å². The molecule has 0 heterocycles. The SMILES string of the molecule is CCSCCCNC(CC)CO. The highest BCUT2D eigenvalue weighted by molar-refractivity contribution is 7.99. The molecule has 0 spiro atoms. The van der Waals surface area contributed by atoms with Gasteiger partial charge in [-0.3, -0.25) is 0 Å². The van der Waals surface area contributed by atoms with Gasteiger partial charge in [0.15, 0.2) is 0 Å². The van der Waals surface area contributed by atoms with Crippen molar-refractivity contribution in [1.29, 1.82) is 0 Å². The van der Waals surface area contributed by atoms with E-state index in [1.807, 2.05) is 11.8 Å². The third-order valence-electron chi connectivity index (χ3n) is 1.82. The van der Waals surface area contributed by atoms with Crippen LogP contribution in [0.25, 0.3) is 0 Å². The van der Waals surface area contributed by atoms with E-state index >= 15 is 0 Å². The predicted molar refractivity (Wildman–Crippen MR) is 56.8 cm³/mol. The molecule has 0 bridgehead atoms. The first-order valence-corrected chi connectivity index (χ1v) is 5.92. The Morgan fingerprint density at radius 2 is 2.17 bits per heavy atom. The fourth-order valence-corrected chi connectivity index (χ4v) is 1.60. The summed E-state index contributed by atoms with van der Waals surface area (Å²) in [6.07, 6.45) is 2.21. The fraction of sp³-hybridized carbons (Fsp3) is 1.00. The lowest BCUT2D eigenvalue weighted by Crippen LogP contribution is -2.32. The minimum absolute atomic E-state index is 0.261. The number of aliphatic hydroxyl groups excluding tert-OH is 1. The van der Waals surface area contributed by atoms with E-state index in [-0.39, 0.29) is 6.61 Å². The highest BCUT2D eigenvalue weighted by atomic mass is 32.2. The lowest BCUT2D eigenvalue weighted by molar-refractivity contribution is 0.239. The summed E-state index contributed by atoms with van der Waals surface area (Å²) in [5.74, 6) is 2.43. The van der Waals surface area contributed by atoms with Gasteiger partial charge in [0.2, 0.25) is 0 Å². The highest BCUT2D eigenvalue weighted by Gasteiger charge is 2.01. The topological polar surface area (TPSA) is 32.3 Å². The van der Waals surface area contributed by atoms with Crippen molar-refractivity contribution in [3.63, 3.8) is 0 Å². The zero-order valence-electron chi connectivity index (χ0n) is 8.18. The second-order valence-electron chi connectivity index (χ2n) is 2.79. The summed E-state index contributed by atoms with van der Waals surface area (Å²) in [5.41, 5.74) is 0. The third kappa shape index (κ3) is 6.95. The zero-order chi connectivity index (χ0) is 9.23. The maximum absolute atomic E-state index is 8.86. The molecule has 74 valence electrons. The number of hydrogen-bond acceptors (Lipinski definition) is 3. The van der Waals surface area contributed by atoms with Crippen LogP contribution < -0.4 is 5.32 Å². The van der Waals surface area contributed by atoms with Crippen molar-refractivity contribution in [2.75, 3.05) is 24.7 Å². The molecule has 0 aromatic heterocycles. The van der Waals surface area contributed by atoms with E-state index in [1.165, 1.54) is 17.9 Å². The van der Waals surface area contributed by atoms with Crippen molar-refractivity contribution < 1.29 is 5.11 Å². The van der Waals surface area contributed by atoms with Crippen LogP contribution in [0, 0.1) is 0 Å². The lowest BCUT2D eigenvalue weighted by atomic mass is 10.2. The van der Waals surface area contributed by atoms with Crippen molar-refractivity contribution in [2.24, 2.45) is 0 Å². The maximum Gasteiger partial charge on any atom is 0.0584 e. The van der Waals surface area contributed by atoms with Crippen LogP contribution in [0.15, 0.2) is 0 Å². The first-order chi connectivity index (χ1) is 5.85. The van der Waals surface area contributed by atoms with Crippen LogP contribution in [0.1, 0.15) is 26.7 Å². The quantitative estimate of drug-likeness (QED) is 0.570. The lowest BCUT2D eigenvalue weighted by Gasteiger charge is -2.13. The molecule has 12 heavy (non-hydrogen) atoms. The Labute approximate surface area is 80.1 Å². The summed E-state index contributed by atoms with van der Waals surface area (Å²) >= 11 is 1.97. The summed E-state index contributed by atoms with van der Waals surface area (Å²) in [6, 6.07) is 0.302.